The SMILES string of the molecule is CCOCCNCC(C)(C)S(C)(=O)=O. The Balaban J connectivity index is 3.79. The van der Waals surface area contributed by atoms with Crippen molar-refractivity contribution in [1.82, 2.24) is 5.32 Å². The van der Waals surface area contributed by atoms with Crippen LogP contribution in [0.1, 0.15) is 20.8 Å². The molecule has 0 aromatic carbocycles. The molecule has 0 radical (unpaired) electrons. The predicted molar refractivity (Wildman–Crippen MR) is 58.3 cm³/mol. The molecule has 0 aliphatic rings. The summed E-state index contributed by atoms with van der Waals surface area (Å²) in [4.78, 5) is 0. The quantitative estimate of drug-likeness (QED) is 0.636. The Morgan fingerprint density at radius 2 is 1.93 bits per heavy atom. The molecule has 0 fully saturated rings. The molecule has 0 aromatic rings. The predicted octanol–water partition coefficient (Wildman–Crippen LogP) is 0.436. The van der Waals surface area contributed by atoms with Crippen molar-refractivity contribution >= 4 is 9.84 Å². The van der Waals surface area contributed by atoms with E-state index in [2.05, 4.69) is 5.32 Å². The summed E-state index contributed by atoms with van der Waals surface area (Å²) >= 11 is 0. The van der Waals surface area contributed by atoms with Crippen LogP contribution in [0.4, 0.5) is 0 Å². The van der Waals surface area contributed by atoms with Gasteiger partial charge in [-0.3, -0.25) is 0 Å². The zero-order valence-corrected chi connectivity index (χ0v) is 10.3. The largest absolute Gasteiger partial charge is 0.380 e. The minimum Gasteiger partial charge on any atom is -0.380 e. The van der Waals surface area contributed by atoms with E-state index in [1.54, 1.807) is 13.8 Å². The van der Waals surface area contributed by atoms with Gasteiger partial charge >= 0.3 is 0 Å². The fraction of sp³-hybridized carbons (Fsp3) is 1.00. The Morgan fingerprint density at radius 3 is 2.36 bits per heavy atom. The molecule has 0 aliphatic carbocycles. The van der Waals surface area contributed by atoms with E-state index in [1.165, 1.54) is 6.26 Å². The monoisotopic (exact) mass is 223 g/mol. The van der Waals surface area contributed by atoms with Gasteiger partial charge in [0.05, 0.1) is 11.4 Å². The summed E-state index contributed by atoms with van der Waals surface area (Å²) in [6.45, 7) is 7.83. The summed E-state index contributed by atoms with van der Waals surface area (Å²) in [7, 11) is -3.00. The summed E-state index contributed by atoms with van der Waals surface area (Å²) in [6.07, 6.45) is 1.26. The maximum atomic E-state index is 11.3. The van der Waals surface area contributed by atoms with Crippen molar-refractivity contribution < 1.29 is 13.2 Å². The number of sulfone groups is 1. The van der Waals surface area contributed by atoms with E-state index in [-0.39, 0.29) is 0 Å². The molecule has 1 N–H and O–H groups in total. The van der Waals surface area contributed by atoms with Crippen LogP contribution in [0.3, 0.4) is 0 Å². The molecule has 0 rings (SSSR count). The summed E-state index contributed by atoms with van der Waals surface area (Å²) in [6, 6.07) is 0. The second-order valence-electron chi connectivity index (χ2n) is 3.91. The van der Waals surface area contributed by atoms with Gasteiger partial charge in [-0.1, -0.05) is 0 Å². The molecule has 0 saturated heterocycles. The highest BCUT2D eigenvalue weighted by Gasteiger charge is 2.29. The van der Waals surface area contributed by atoms with Crippen molar-refractivity contribution in [3.63, 3.8) is 0 Å². The Hall–Kier alpha value is -0.130. The van der Waals surface area contributed by atoms with Crippen LogP contribution in [0.5, 0.6) is 0 Å². The Kier molecular flexibility index (Phi) is 5.63. The Labute approximate surface area is 86.9 Å². The maximum absolute atomic E-state index is 11.3. The zero-order valence-electron chi connectivity index (χ0n) is 9.46. The lowest BCUT2D eigenvalue weighted by Gasteiger charge is -2.22. The van der Waals surface area contributed by atoms with Crippen molar-refractivity contribution in [1.29, 1.82) is 0 Å². The third kappa shape index (κ3) is 4.93. The van der Waals surface area contributed by atoms with Crippen LogP contribution in [0.15, 0.2) is 0 Å². The van der Waals surface area contributed by atoms with E-state index in [0.717, 1.165) is 0 Å². The van der Waals surface area contributed by atoms with Crippen LogP contribution in [-0.4, -0.2) is 45.7 Å². The molecule has 0 aliphatic heterocycles. The van der Waals surface area contributed by atoms with Crippen molar-refractivity contribution in [3.05, 3.63) is 0 Å². The van der Waals surface area contributed by atoms with Crippen LogP contribution in [0.25, 0.3) is 0 Å². The molecule has 86 valence electrons. The molecule has 5 heteroatoms. The van der Waals surface area contributed by atoms with Gasteiger partial charge in [0.25, 0.3) is 0 Å². The van der Waals surface area contributed by atoms with Gasteiger partial charge in [-0.05, 0) is 20.8 Å². The highest BCUT2D eigenvalue weighted by molar-refractivity contribution is 7.92. The average Bonchev–Trinajstić information content (AvgIpc) is 2.02. The van der Waals surface area contributed by atoms with Crippen molar-refractivity contribution in [2.75, 3.05) is 32.6 Å². The topological polar surface area (TPSA) is 55.4 Å². The lowest BCUT2D eigenvalue weighted by Crippen LogP contribution is -2.42. The highest BCUT2D eigenvalue weighted by atomic mass is 32.2. The number of rotatable bonds is 7. The van der Waals surface area contributed by atoms with Gasteiger partial charge < -0.3 is 10.1 Å². The molecule has 4 nitrogen and oxygen atoms in total. The lowest BCUT2D eigenvalue weighted by atomic mass is 10.2. The maximum Gasteiger partial charge on any atom is 0.153 e. The average molecular weight is 223 g/mol. The summed E-state index contributed by atoms with van der Waals surface area (Å²) in [5.41, 5.74) is 0. The molecule has 0 saturated carbocycles. The molecule has 14 heavy (non-hydrogen) atoms. The van der Waals surface area contributed by atoms with Gasteiger partial charge in [0.2, 0.25) is 0 Å². The van der Waals surface area contributed by atoms with E-state index in [1.807, 2.05) is 6.92 Å². The van der Waals surface area contributed by atoms with E-state index in [9.17, 15) is 8.42 Å². The first-order valence-corrected chi connectivity index (χ1v) is 6.68. The molecule has 0 heterocycles. The van der Waals surface area contributed by atoms with Gasteiger partial charge in [-0.2, -0.15) is 0 Å². The summed E-state index contributed by atoms with van der Waals surface area (Å²) in [5.74, 6) is 0. The van der Waals surface area contributed by atoms with Gasteiger partial charge in [0.1, 0.15) is 0 Å². The zero-order chi connectivity index (χ0) is 11.2. The van der Waals surface area contributed by atoms with Crippen molar-refractivity contribution in [2.45, 2.75) is 25.5 Å². The summed E-state index contributed by atoms with van der Waals surface area (Å²) in [5, 5.41) is 3.06. The molecule has 0 amide bonds. The van der Waals surface area contributed by atoms with Gasteiger partial charge in [-0.15, -0.1) is 0 Å². The smallest absolute Gasteiger partial charge is 0.153 e. The number of hydrogen-bond donors (Lipinski definition) is 1. The second kappa shape index (κ2) is 5.68. The minimum absolute atomic E-state index is 0.457. The lowest BCUT2D eigenvalue weighted by molar-refractivity contribution is 0.149. The van der Waals surface area contributed by atoms with Gasteiger partial charge in [0.15, 0.2) is 9.84 Å². The number of nitrogens with one attached hydrogen (secondary N) is 1. The first kappa shape index (κ1) is 13.9. The van der Waals surface area contributed by atoms with Crippen molar-refractivity contribution in [3.8, 4) is 0 Å². The molecule has 0 unspecified atom stereocenters. The fourth-order valence-electron chi connectivity index (χ4n) is 0.809. The molecule has 0 bridgehead atoms. The molecule has 0 aromatic heterocycles. The van der Waals surface area contributed by atoms with Gasteiger partial charge in [-0.25, -0.2) is 8.42 Å². The third-order valence-corrected chi connectivity index (χ3v) is 4.33. The van der Waals surface area contributed by atoms with E-state index in [4.69, 9.17) is 4.74 Å². The van der Waals surface area contributed by atoms with Crippen LogP contribution < -0.4 is 5.32 Å². The second-order valence-corrected chi connectivity index (χ2v) is 6.56. The van der Waals surface area contributed by atoms with E-state index >= 15 is 0 Å². The Bertz CT molecular complexity index is 247. The van der Waals surface area contributed by atoms with Crippen LogP contribution >= 0.6 is 0 Å². The summed E-state index contributed by atoms with van der Waals surface area (Å²) < 4.78 is 27.0. The molecule has 0 spiro atoms. The Morgan fingerprint density at radius 1 is 1.36 bits per heavy atom. The molecular formula is C9H21NO3S. The normalized spacial score (nSPS) is 13.1. The van der Waals surface area contributed by atoms with Gasteiger partial charge in [0, 0.05) is 26.0 Å². The molecular weight excluding hydrogens is 202 g/mol. The number of ether oxygens (including phenoxy) is 1. The van der Waals surface area contributed by atoms with Crippen LogP contribution in [0, 0.1) is 0 Å². The van der Waals surface area contributed by atoms with Crippen LogP contribution in [0.2, 0.25) is 0 Å². The minimum atomic E-state index is -3.00. The standard InChI is InChI=1S/C9H21NO3S/c1-5-13-7-6-10-8-9(2,3)14(4,11)12/h10H,5-8H2,1-4H3. The third-order valence-electron chi connectivity index (χ3n) is 2.18. The van der Waals surface area contributed by atoms with E-state index in [0.29, 0.717) is 26.3 Å². The first-order valence-electron chi connectivity index (χ1n) is 4.79. The highest BCUT2D eigenvalue weighted by Crippen LogP contribution is 2.12. The number of hydrogen-bond acceptors (Lipinski definition) is 4. The first-order chi connectivity index (χ1) is 6.31. The van der Waals surface area contributed by atoms with E-state index < -0.39 is 14.6 Å². The fourth-order valence-corrected chi connectivity index (χ4v) is 1.17. The molecule has 0 atom stereocenters. The van der Waals surface area contributed by atoms with Crippen LogP contribution in [-0.2, 0) is 14.6 Å². The van der Waals surface area contributed by atoms with Crippen molar-refractivity contribution in [2.24, 2.45) is 0 Å².